The van der Waals surface area contributed by atoms with Crippen LogP contribution in [0.15, 0.2) is 71.6 Å². The van der Waals surface area contributed by atoms with Crippen molar-refractivity contribution >= 4 is 40.3 Å². The molecule has 5 aromatic rings. The molecule has 0 unspecified atom stereocenters. The van der Waals surface area contributed by atoms with Crippen molar-refractivity contribution in [3.63, 3.8) is 0 Å². The molecular weight excluding hydrogens is 444 g/mol. The molecule has 0 aliphatic heterocycles. The molecule has 3 aromatic heterocycles. The Morgan fingerprint density at radius 2 is 1.91 bits per heavy atom. The van der Waals surface area contributed by atoms with E-state index in [0.29, 0.717) is 33.1 Å². The van der Waals surface area contributed by atoms with Gasteiger partial charge in [0.25, 0.3) is 0 Å². The SMILES string of the molecule is CCOC(=O)c1c(-c2ccc(Cl)cc2)noc1Nc1ncnc2c1cnn2-c1ccccc1. The molecule has 33 heavy (non-hydrogen) atoms. The molecule has 0 saturated carbocycles. The summed E-state index contributed by atoms with van der Waals surface area (Å²) in [7, 11) is 0. The first-order valence-corrected chi connectivity index (χ1v) is 10.5. The quantitative estimate of drug-likeness (QED) is 0.351. The Labute approximate surface area is 193 Å². The van der Waals surface area contributed by atoms with Gasteiger partial charge in [-0.3, -0.25) is 0 Å². The number of benzene rings is 2. The molecule has 0 aliphatic carbocycles. The first-order valence-electron chi connectivity index (χ1n) is 10.1. The lowest BCUT2D eigenvalue weighted by Crippen LogP contribution is -2.08. The number of carbonyl (C=O) groups is 1. The highest BCUT2D eigenvalue weighted by Crippen LogP contribution is 2.33. The Morgan fingerprint density at radius 3 is 2.67 bits per heavy atom. The Balaban J connectivity index is 1.57. The van der Waals surface area contributed by atoms with Gasteiger partial charge in [-0.2, -0.15) is 5.10 Å². The highest BCUT2D eigenvalue weighted by molar-refractivity contribution is 6.30. The van der Waals surface area contributed by atoms with Crippen molar-refractivity contribution in [1.82, 2.24) is 24.9 Å². The third-order valence-electron chi connectivity index (χ3n) is 4.89. The average Bonchev–Trinajstić information content (AvgIpc) is 3.45. The minimum Gasteiger partial charge on any atom is -0.462 e. The second-order valence-corrected chi connectivity index (χ2v) is 7.38. The standard InChI is InChI=1S/C23H17ClN6O3/c1-2-32-23(31)18-19(14-8-10-15(24)11-9-14)29-33-22(18)28-20-17-12-27-30(21(17)26-13-25-20)16-6-4-3-5-7-16/h3-13H,2H2,1H3,(H,25,26,28). The minimum absolute atomic E-state index is 0.103. The van der Waals surface area contributed by atoms with Gasteiger partial charge >= 0.3 is 5.97 Å². The van der Waals surface area contributed by atoms with Gasteiger partial charge in [-0.25, -0.2) is 19.4 Å². The number of aromatic nitrogens is 5. The van der Waals surface area contributed by atoms with E-state index >= 15 is 0 Å². The summed E-state index contributed by atoms with van der Waals surface area (Å²) in [4.78, 5) is 21.5. The Morgan fingerprint density at radius 1 is 1.12 bits per heavy atom. The maximum absolute atomic E-state index is 12.8. The molecule has 0 spiro atoms. The molecule has 0 fully saturated rings. The third-order valence-corrected chi connectivity index (χ3v) is 5.14. The molecule has 0 amide bonds. The van der Waals surface area contributed by atoms with Gasteiger partial charge in [-0.05, 0) is 31.2 Å². The van der Waals surface area contributed by atoms with Gasteiger partial charge in [0.15, 0.2) is 11.2 Å². The first-order chi connectivity index (χ1) is 16.2. The lowest BCUT2D eigenvalue weighted by Gasteiger charge is -2.07. The van der Waals surface area contributed by atoms with Gasteiger partial charge in [0, 0.05) is 10.6 Å². The van der Waals surface area contributed by atoms with Crippen LogP contribution in [0.2, 0.25) is 5.02 Å². The van der Waals surface area contributed by atoms with Crippen LogP contribution in [0.25, 0.3) is 28.0 Å². The van der Waals surface area contributed by atoms with E-state index in [9.17, 15) is 4.79 Å². The first kappa shape index (κ1) is 20.7. The fourth-order valence-corrected chi connectivity index (χ4v) is 3.51. The van der Waals surface area contributed by atoms with Crippen molar-refractivity contribution in [3.05, 3.63) is 77.7 Å². The molecule has 3 heterocycles. The van der Waals surface area contributed by atoms with Crippen LogP contribution in [0.1, 0.15) is 17.3 Å². The highest BCUT2D eigenvalue weighted by atomic mass is 35.5. The van der Waals surface area contributed by atoms with Gasteiger partial charge in [0.1, 0.15) is 17.8 Å². The molecule has 0 bridgehead atoms. The highest BCUT2D eigenvalue weighted by Gasteiger charge is 2.26. The summed E-state index contributed by atoms with van der Waals surface area (Å²) in [5.41, 5.74) is 2.59. The molecule has 164 valence electrons. The number of esters is 1. The normalized spacial score (nSPS) is 11.0. The zero-order chi connectivity index (χ0) is 22.8. The maximum atomic E-state index is 12.8. The van der Waals surface area contributed by atoms with Gasteiger partial charge in [-0.1, -0.05) is 47.1 Å². The topological polar surface area (TPSA) is 108 Å². The lowest BCUT2D eigenvalue weighted by molar-refractivity contribution is 0.0528. The number of para-hydroxylation sites is 1. The number of hydrogen-bond donors (Lipinski definition) is 1. The van der Waals surface area contributed by atoms with Crippen LogP contribution in [-0.2, 0) is 4.74 Å². The van der Waals surface area contributed by atoms with E-state index in [1.807, 2.05) is 30.3 Å². The summed E-state index contributed by atoms with van der Waals surface area (Å²) >= 11 is 6.00. The molecule has 1 N–H and O–H groups in total. The zero-order valence-corrected chi connectivity index (χ0v) is 18.2. The number of fused-ring (bicyclic) bond motifs is 1. The maximum Gasteiger partial charge on any atom is 0.346 e. The van der Waals surface area contributed by atoms with Gasteiger partial charge < -0.3 is 14.6 Å². The Kier molecular flexibility index (Phi) is 5.45. The van der Waals surface area contributed by atoms with Crippen molar-refractivity contribution in [2.24, 2.45) is 0 Å². The molecule has 9 nitrogen and oxygen atoms in total. The number of anilines is 2. The van der Waals surface area contributed by atoms with Crippen molar-refractivity contribution in [2.45, 2.75) is 6.92 Å². The molecule has 5 rings (SSSR count). The third kappa shape index (κ3) is 3.90. The number of hydrogen-bond acceptors (Lipinski definition) is 8. The predicted molar refractivity (Wildman–Crippen MR) is 123 cm³/mol. The molecular formula is C23H17ClN6O3. The second-order valence-electron chi connectivity index (χ2n) is 6.94. The molecule has 0 radical (unpaired) electrons. The summed E-state index contributed by atoms with van der Waals surface area (Å²) < 4.78 is 12.5. The van der Waals surface area contributed by atoms with Crippen molar-refractivity contribution in [3.8, 4) is 16.9 Å². The van der Waals surface area contributed by atoms with Crippen molar-refractivity contribution in [2.75, 3.05) is 11.9 Å². The molecule has 10 heteroatoms. The Bertz CT molecular complexity index is 1430. The van der Waals surface area contributed by atoms with Crippen LogP contribution in [0.3, 0.4) is 0 Å². The summed E-state index contributed by atoms with van der Waals surface area (Å²) in [5, 5.41) is 12.8. The van der Waals surface area contributed by atoms with Crippen LogP contribution >= 0.6 is 11.6 Å². The molecule has 0 saturated heterocycles. The number of carbonyl (C=O) groups excluding carboxylic acids is 1. The average molecular weight is 461 g/mol. The van der Waals surface area contributed by atoms with Crippen LogP contribution in [0.4, 0.5) is 11.7 Å². The fraction of sp³-hybridized carbons (Fsp3) is 0.0870. The number of nitrogens with zero attached hydrogens (tertiary/aromatic N) is 5. The monoisotopic (exact) mass is 460 g/mol. The van der Waals surface area contributed by atoms with Crippen molar-refractivity contribution < 1.29 is 14.1 Å². The van der Waals surface area contributed by atoms with Crippen LogP contribution in [0, 0.1) is 0 Å². The van der Waals surface area contributed by atoms with Crippen LogP contribution in [0.5, 0.6) is 0 Å². The fourth-order valence-electron chi connectivity index (χ4n) is 3.38. The smallest absolute Gasteiger partial charge is 0.346 e. The summed E-state index contributed by atoms with van der Waals surface area (Å²) in [6.45, 7) is 1.93. The largest absolute Gasteiger partial charge is 0.462 e. The van der Waals surface area contributed by atoms with E-state index in [4.69, 9.17) is 20.9 Å². The van der Waals surface area contributed by atoms with Crippen LogP contribution in [-0.4, -0.2) is 37.5 Å². The number of rotatable bonds is 6. The van der Waals surface area contributed by atoms with E-state index in [2.05, 4.69) is 25.5 Å². The van der Waals surface area contributed by atoms with E-state index in [1.165, 1.54) is 6.33 Å². The van der Waals surface area contributed by atoms with Gasteiger partial charge in [0.2, 0.25) is 5.88 Å². The molecule has 0 atom stereocenters. The molecule has 2 aromatic carbocycles. The second kappa shape index (κ2) is 8.71. The summed E-state index contributed by atoms with van der Waals surface area (Å²) in [5.74, 6) is -0.0612. The molecule has 0 aliphatic rings. The number of ether oxygens (including phenoxy) is 1. The van der Waals surface area contributed by atoms with Gasteiger partial charge in [0.05, 0.1) is 23.9 Å². The van der Waals surface area contributed by atoms with Gasteiger partial charge in [-0.15, -0.1) is 0 Å². The number of halogens is 1. The van der Waals surface area contributed by atoms with E-state index in [0.717, 1.165) is 5.69 Å². The van der Waals surface area contributed by atoms with E-state index in [-0.39, 0.29) is 18.1 Å². The number of nitrogens with one attached hydrogen (secondary N) is 1. The van der Waals surface area contributed by atoms with E-state index in [1.54, 1.807) is 42.1 Å². The predicted octanol–water partition coefficient (Wildman–Crippen LogP) is 5.04. The Hall–Kier alpha value is -4.24. The zero-order valence-electron chi connectivity index (χ0n) is 17.4. The van der Waals surface area contributed by atoms with E-state index < -0.39 is 5.97 Å². The summed E-state index contributed by atoms with van der Waals surface area (Å²) in [6, 6.07) is 16.5. The minimum atomic E-state index is -0.573. The summed E-state index contributed by atoms with van der Waals surface area (Å²) in [6.07, 6.45) is 3.05. The lowest BCUT2D eigenvalue weighted by atomic mass is 10.1. The van der Waals surface area contributed by atoms with Crippen LogP contribution < -0.4 is 5.32 Å². The van der Waals surface area contributed by atoms with Crippen molar-refractivity contribution in [1.29, 1.82) is 0 Å².